The SMILES string of the molecule is Cc1nn(C[C@@H](C)O)c(C)c1C. The maximum Gasteiger partial charge on any atom is 0.0708 e. The van der Waals surface area contributed by atoms with Gasteiger partial charge in [-0.2, -0.15) is 5.10 Å². The molecule has 1 N–H and O–H groups in total. The minimum absolute atomic E-state index is 0.331. The summed E-state index contributed by atoms with van der Waals surface area (Å²) in [6.07, 6.45) is -0.331. The van der Waals surface area contributed by atoms with Crippen LogP contribution in [0.5, 0.6) is 0 Å². The van der Waals surface area contributed by atoms with Crippen molar-refractivity contribution in [1.82, 2.24) is 9.78 Å². The molecule has 1 rings (SSSR count). The van der Waals surface area contributed by atoms with E-state index in [9.17, 15) is 0 Å². The van der Waals surface area contributed by atoms with Gasteiger partial charge in [-0.1, -0.05) is 0 Å². The van der Waals surface area contributed by atoms with Crippen LogP contribution in [0, 0.1) is 20.8 Å². The highest BCUT2D eigenvalue weighted by molar-refractivity contribution is 5.22. The molecule has 12 heavy (non-hydrogen) atoms. The second-order valence-electron chi connectivity index (χ2n) is 3.33. The zero-order valence-corrected chi connectivity index (χ0v) is 8.13. The number of nitrogens with zero attached hydrogens (tertiary/aromatic N) is 2. The minimum Gasteiger partial charge on any atom is -0.391 e. The molecule has 0 aromatic carbocycles. The highest BCUT2D eigenvalue weighted by atomic mass is 16.3. The van der Waals surface area contributed by atoms with E-state index in [4.69, 9.17) is 5.11 Å². The lowest BCUT2D eigenvalue weighted by molar-refractivity contribution is 0.167. The van der Waals surface area contributed by atoms with Gasteiger partial charge in [-0.25, -0.2) is 0 Å². The highest BCUT2D eigenvalue weighted by Crippen LogP contribution is 2.10. The Morgan fingerprint density at radius 2 is 2.00 bits per heavy atom. The summed E-state index contributed by atoms with van der Waals surface area (Å²) in [5.41, 5.74) is 3.41. The number of hydrogen-bond donors (Lipinski definition) is 1. The van der Waals surface area contributed by atoms with Gasteiger partial charge in [0.1, 0.15) is 0 Å². The van der Waals surface area contributed by atoms with Crippen LogP contribution in [0.2, 0.25) is 0 Å². The molecule has 1 heterocycles. The minimum atomic E-state index is -0.331. The zero-order chi connectivity index (χ0) is 9.30. The average Bonchev–Trinajstić information content (AvgIpc) is 2.17. The van der Waals surface area contributed by atoms with Crippen molar-refractivity contribution < 1.29 is 5.11 Å². The molecule has 0 amide bonds. The van der Waals surface area contributed by atoms with Crippen molar-refractivity contribution in [2.45, 2.75) is 40.3 Å². The summed E-state index contributed by atoms with van der Waals surface area (Å²) in [6.45, 7) is 8.42. The molecule has 0 bridgehead atoms. The third kappa shape index (κ3) is 1.67. The molecule has 3 nitrogen and oxygen atoms in total. The summed E-state index contributed by atoms with van der Waals surface area (Å²) in [6, 6.07) is 0. The van der Waals surface area contributed by atoms with Crippen molar-refractivity contribution >= 4 is 0 Å². The predicted octanol–water partition coefficient (Wildman–Crippen LogP) is 1.19. The Morgan fingerprint density at radius 1 is 1.42 bits per heavy atom. The van der Waals surface area contributed by atoms with E-state index < -0.39 is 0 Å². The molecule has 1 aromatic rings. The Balaban J connectivity index is 2.93. The van der Waals surface area contributed by atoms with Gasteiger partial charge in [0, 0.05) is 5.69 Å². The molecule has 3 heteroatoms. The highest BCUT2D eigenvalue weighted by Gasteiger charge is 2.07. The first kappa shape index (κ1) is 9.26. The smallest absolute Gasteiger partial charge is 0.0708 e. The summed E-state index contributed by atoms with van der Waals surface area (Å²) < 4.78 is 1.86. The Bertz CT molecular complexity index is 276. The Morgan fingerprint density at radius 3 is 2.33 bits per heavy atom. The molecule has 0 aliphatic heterocycles. The number of rotatable bonds is 2. The topological polar surface area (TPSA) is 38.0 Å². The second-order valence-corrected chi connectivity index (χ2v) is 3.33. The lowest BCUT2D eigenvalue weighted by atomic mass is 10.2. The third-order valence-corrected chi connectivity index (χ3v) is 2.18. The van der Waals surface area contributed by atoms with E-state index in [0.717, 1.165) is 11.4 Å². The molecule has 0 spiro atoms. The van der Waals surface area contributed by atoms with Gasteiger partial charge in [0.15, 0.2) is 0 Å². The summed E-state index contributed by atoms with van der Waals surface area (Å²) in [5, 5.41) is 13.5. The fraction of sp³-hybridized carbons (Fsp3) is 0.667. The Hall–Kier alpha value is -0.830. The van der Waals surface area contributed by atoms with Crippen molar-refractivity contribution in [3.63, 3.8) is 0 Å². The summed E-state index contributed by atoms with van der Waals surface area (Å²) >= 11 is 0. The maximum atomic E-state index is 9.17. The molecule has 0 aliphatic carbocycles. The molecule has 0 fully saturated rings. The number of aliphatic hydroxyl groups is 1. The van der Waals surface area contributed by atoms with Gasteiger partial charge < -0.3 is 5.11 Å². The average molecular weight is 168 g/mol. The molecule has 0 radical (unpaired) electrons. The Labute approximate surface area is 73.0 Å². The monoisotopic (exact) mass is 168 g/mol. The fourth-order valence-electron chi connectivity index (χ4n) is 1.21. The van der Waals surface area contributed by atoms with Gasteiger partial charge in [-0.3, -0.25) is 4.68 Å². The molecule has 68 valence electrons. The van der Waals surface area contributed by atoms with Crippen LogP contribution in [-0.2, 0) is 6.54 Å². The molecular weight excluding hydrogens is 152 g/mol. The largest absolute Gasteiger partial charge is 0.391 e. The first-order valence-electron chi connectivity index (χ1n) is 4.21. The number of aryl methyl sites for hydroxylation is 1. The van der Waals surface area contributed by atoms with Gasteiger partial charge in [0.25, 0.3) is 0 Å². The molecule has 1 aromatic heterocycles. The van der Waals surface area contributed by atoms with E-state index in [2.05, 4.69) is 12.0 Å². The first-order valence-corrected chi connectivity index (χ1v) is 4.21. The summed E-state index contributed by atoms with van der Waals surface area (Å²) in [5.74, 6) is 0. The number of aromatic nitrogens is 2. The molecule has 0 aliphatic rings. The van der Waals surface area contributed by atoms with E-state index in [1.54, 1.807) is 6.92 Å². The van der Waals surface area contributed by atoms with Crippen LogP contribution >= 0.6 is 0 Å². The molecule has 1 atom stereocenters. The normalized spacial score (nSPS) is 13.4. The molecule has 0 saturated carbocycles. The van der Waals surface area contributed by atoms with E-state index in [1.807, 2.05) is 18.5 Å². The van der Waals surface area contributed by atoms with Crippen molar-refractivity contribution in [1.29, 1.82) is 0 Å². The first-order chi connectivity index (χ1) is 5.52. The third-order valence-electron chi connectivity index (χ3n) is 2.18. The predicted molar refractivity (Wildman–Crippen MR) is 48.1 cm³/mol. The lowest BCUT2D eigenvalue weighted by Gasteiger charge is -2.06. The number of aliphatic hydroxyl groups excluding tert-OH is 1. The van der Waals surface area contributed by atoms with E-state index in [0.29, 0.717) is 6.54 Å². The lowest BCUT2D eigenvalue weighted by Crippen LogP contribution is -2.14. The van der Waals surface area contributed by atoms with Crippen LogP contribution in [0.3, 0.4) is 0 Å². The van der Waals surface area contributed by atoms with Crippen LogP contribution in [0.1, 0.15) is 23.9 Å². The van der Waals surface area contributed by atoms with Gasteiger partial charge in [-0.15, -0.1) is 0 Å². The van der Waals surface area contributed by atoms with Crippen LogP contribution in [-0.4, -0.2) is 21.0 Å². The summed E-state index contributed by atoms with van der Waals surface area (Å²) in [4.78, 5) is 0. The van der Waals surface area contributed by atoms with Crippen LogP contribution in [0.4, 0.5) is 0 Å². The number of hydrogen-bond acceptors (Lipinski definition) is 2. The van der Waals surface area contributed by atoms with E-state index >= 15 is 0 Å². The summed E-state index contributed by atoms with van der Waals surface area (Å²) in [7, 11) is 0. The van der Waals surface area contributed by atoms with Crippen LogP contribution in [0.15, 0.2) is 0 Å². The quantitative estimate of drug-likeness (QED) is 0.720. The van der Waals surface area contributed by atoms with Crippen molar-refractivity contribution in [3.8, 4) is 0 Å². The van der Waals surface area contributed by atoms with Gasteiger partial charge >= 0.3 is 0 Å². The van der Waals surface area contributed by atoms with Crippen molar-refractivity contribution in [3.05, 3.63) is 17.0 Å². The van der Waals surface area contributed by atoms with E-state index in [1.165, 1.54) is 5.56 Å². The van der Waals surface area contributed by atoms with Crippen molar-refractivity contribution in [2.75, 3.05) is 0 Å². The van der Waals surface area contributed by atoms with Crippen LogP contribution < -0.4 is 0 Å². The standard InChI is InChI=1S/C9H16N2O/c1-6(12)5-11-9(4)7(2)8(3)10-11/h6,12H,5H2,1-4H3/t6-/m1/s1. The molecule has 0 unspecified atom stereocenters. The molecular formula is C9H16N2O. The zero-order valence-electron chi connectivity index (χ0n) is 8.13. The fourth-order valence-corrected chi connectivity index (χ4v) is 1.21. The van der Waals surface area contributed by atoms with Gasteiger partial charge in [0.05, 0.1) is 18.3 Å². The van der Waals surface area contributed by atoms with Crippen molar-refractivity contribution in [2.24, 2.45) is 0 Å². The van der Waals surface area contributed by atoms with E-state index in [-0.39, 0.29) is 6.10 Å². The molecule has 0 saturated heterocycles. The maximum absolute atomic E-state index is 9.17. The van der Waals surface area contributed by atoms with Gasteiger partial charge in [-0.05, 0) is 33.3 Å². The second kappa shape index (κ2) is 3.27. The Kier molecular flexibility index (Phi) is 2.52. The van der Waals surface area contributed by atoms with Gasteiger partial charge in [0.2, 0.25) is 0 Å². The van der Waals surface area contributed by atoms with Crippen LogP contribution in [0.25, 0.3) is 0 Å².